The highest BCUT2D eigenvalue weighted by Crippen LogP contribution is 2.25. The van der Waals surface area contributed by atoms with Gasteiger partial charge in [-0.05, 0) is 24.9 Å². The Balaban J connectivity index is 2.13. The van der Waals surface area contributed by atoms with E-state index in [1.54, 1.807) is 23.7 Å². The van der Waals surface area contributed by atoms with Gasteiger partial charge in [0.1, 0.15) is 0 Å². The van der Waals surface area contributed by atoms with Crippen LogP contribution in [-0.2, 0) is 13.0 Å². The molecule has 19 heavy (non-hydrogen) atoms. The summed E-state index contributed by atoms with van der Waals surface area (Å²) in [5.74, 6) is 1.38. The van der Waals surface area contributed by atoms with E-state index < -0.39 is 0 Å². The van der Waals surface area contributed by atoms with E-state index in [4.69, 9.17) is 0 Å². The van der Waals surface area contributed by atoms with Crippen molar-refractivity contribution in [1.82, 2.24) is 20.3 Å². The normalized spacial score (nSPS) is 11.2. The van der Waals surface area contributed by atoms with E-state index in [9.17, 15) is 0 Å². The second kappa shape index (κ2) is 6.73. The SMILES string of the molecule is CCc1nc(-c2ncccn2)sc1CNCC(C)C. The molecule has 0 aliphatic carbocycles. The molecule has 0 atom stereocenters. The molecule has 0 saturated carbocycles. The van der Waals surface area contributed by atoms with Crippen LogP contribution in [0.1, 0.15) is 31.3 Å². The molecular weight excluding hydrogens is 256 g/mol. The quantitative estimate of drug-likeness (QED) is 0.881. The van der Waals surface area contributed by atoms with Crippen LogP contribution in [0, 0.1) is 5.92 Å². The molecule has 2 rings (SSSR count). The Morgan fingerprint density at radius 2 is 2.00 bits per heavy atom. The zero-order chi connectivity index (χ0) is 13.7. The predicted molar refractivity (Wildman–Crippen MR) is 79.1 cm³/mol. The summed E-state index contributed by atoms with van der Waals surface area (Å²) in [7, 11) is 0. The monoisotopic (exact) mass is 276 g/mol. The molecule has 0 fully saturated rings. The van der Waals surface area contributed by atoms with Crippen molar-refractivity contribution in [2.45, 2.75) is 33.7 Å². The van der Waals surface area contributed by atoms with Crippen LogP contribution >= 0.6 is 11.3 Å². The van der Waals surface area contributed by atoms with Crippen LogP contribution in [0.5, 0.6) is 0 Å². The first kappa shape index (κ1) is 14.1. The Hall–Kier alpha value is -1.33. The van der Waals surface area contributed by atoms with E-state index in [1.165, 1.54) is 4.88 Å². The van der Waals surface area contributed by atoms with Gasteiger partial charge in [-0.2, -0.15) is 0 Å². The minimum atomic E-state index is 0.662. The van der Waals surface area contributed by atoms with Crippen LogP contribution in [0.25, 0.3) is 10.8 Å². The first-order chi connectivity index (χ1) is 9.20. The molecule has 0 amide bonds. The number of rotatable bonds is 6. The highest BCUT2D eigenvalue weighted by molar-refractivity contribution is 7.15. The number of hydrogen-bond donors (Lipinski definition) is 1. The van der Waals surface area contributed by atoms with Gasteiger partial charge in [-0.1, -0.05) is 20.8 Å². The molecule has 0 aliphatic heterocycles. The zero-order valence-electron chi connectivity index (χ0n) is 11.7. The summed E-state index contributed by atoms with van der Waals surface area (Å²) < 4.78 is 0. The molecule has 0 aliphatic rings. The number of aromatic nitrogens is 3. The molecule has 1 N–H and O–H groups in total. The summed E-state index contributed by atoms with van der Waals surface area (Å²) in [6.07, 6.45) is 4.46. The van der Waals surface area contributed by atoms with Gasteiger partial charge in [0.15, 0.2) is 10.8 Å². The van der Waals surface area contributed by atoms with Crippen molar-refractivity contribution >= 4 is 11.3 Å². The van der Waals surface area contributed by atoms with E-state index in [2.05, 4.69) is 41.0 Å². The number of nitrogens with zero attached hydrogens (tertiary/aromatic N) is 3. The Kier molecular flexibility index (Phi) is 4.99. The average Bonchev–Trinajstić information content (AvgIpc) is 2.83. The Morgan fingerprint density at radius 3 is 2.63 bits per heavy atom. The third kappa shape index (κ3) is 3.81. The van der Waals surface area contributed by atoms with Crippen molar-refractivity contribution in [3.63, 3.8) is 0 Å². The summed E-state index contributed by atoms with van der Waals surface area (Å²) in [4.78, 5) is 14.5. The summed E-state index contributed by atoms with van der Waals surface area (Å²) in [6.45, 7) is 8.47. The first-order valence-electron chi connectivity index (χ1n) is 6.67. The number of nitrogens with one attached hydrogen (secondary N) is 1. The van der Waals surface area contributed by atoms with Gasteiger partial charge >= 0.3 is 0 Å². The molecule has 2 aromatic heterocycles. The van der Waals surface area contributed by atoms with Crippen LogP contribution in [0.15, 0.2) is 18.5 Å². The van der Waals surface area contributed by atoms with E-state index in [1.807, 2.05) is 6.07 Å². The first-order valence-corrected chi connectivity index (χ1v) is 7.49. The van der Waals surface area contributed by atoms with E-state index in [0.29, 0.717) is 5.92 Å². The van der Waals surface area contributed by atoms with Gasteiger partial charge in [0.2, 0.25) is 0 Å². The summed E-state index contributed by atoms with van der Waals surface area (Å²) in [5, 5.41) is 4.39. The number of hydrogen-bond acceptors (Lipinski definition) is 5. The average molecular weight is 276 g/mol. The van der Waals surface area contributed by atoms with Crippen molar-refractivity contribution in [3.8, 4) is 10.8 Å². The maximum absolute atomic E-state index is 4.65. The molecule has 0 spiro atoms. The minimum absolute atomic E-state index is 0.662. The molecular formula is C14H20N4S. The van der Waals surface area contributed by atoms with Gasteiger partial charge in [-0.3, -0.25) is 0 Å². The standard InChI is InChI=1S/C14H20N4S/c1-4-11-12(9-15-8-10(2)3)19-14(18-11)13-16-6-5-7-17-13/h5-7,10,15H,4,8-9H2,1-3H3. The largest absolute Gasteiger partial charge is 0.312 e. The smallest absolute Gasteiger partial charge is 0.188 e. The van der Waals surface area contributed by atoms with E-state index >= 15 is 0 Å². The zero-order valence-corrected chi connectivity index (χ0v) is 12.5. The molecule has 2 aromatic rings. The number of thiazole rings is 1. The maximum atomic E-state index is 4.65. The topological polar surface area (TPSA) is 50.7 Å². The fourth-order valence-electron chi connectivity index (χ4n) is 1.78. The van der Waals surface area contributed by atoms with Crippen molar-refractivity contribution < 1.29 is 0 Å². The second-order valence-corrected chi connectivity index (χ2v) is 5.92. The Morgan fingerprint density at radius 1 is 1.26 bits per heavy atom. The van der Waals surface area contributed by atoms with E-state index in [-0.39, 0.29) is 0 Å². The lowest BCUT2D eigenvalue weighted by Crippen LogP contribution is -2.18. The van der Waals surface area contributed by atoms with Crippen molar-refractivity contribution in [2.24, 2.45) is 5.92 Å². The lowest BCUT2D eigenvalue weighted by molar-refractivity contribution is 0.553. The molecule has 0 aromatic carbocycles. The molecule has 0 radical (unpaired) electrons. The highest BCUT2D eigenvalue weighted by Gasteiger charge is 2.12. The van der Waals surface area contributed by atoms with Crippen LogP contribution < -0.4 is 5.32 Å². The lowest BCUT2D eigenvalue weighted by atomic mass is 10.2. The predicted octanol–water partition coefficient (Wildman–Crippen LogP) is 2.91. The van der Waals surface area contributed by atoms with Gasteiger partial charge in [0.25, 0.3) is 0 Å². The van der Waals surface area contributed by atoms with Crippen LogP contribution in [-0.4, -0.2) is 21.5 Å². The molecule has 4 nitrogen and oxygen atoms in total. The van der Waals surface area contributed by atoms with Gasteiger partial charge in [0, 0.05) is 23.8 Å². The van der Waals surface area contributed by atoms with Crippen LogP contribution in [0.3, 0.4) is 0 Å². The highest BCUT2D eigenvalue weighted by atomic mass is 32.1. The fourth-order valence-corrected chi connectivity index (χ4v) is 2.85. The summed E-state index contributed by atoms with van der Waals surface area (Å²) >= 11 is 1.69. The molecule has 0 unspecified atom stereocenters. The van der Waals surface area contributed by atoms with Gasteiger partial charge in [-0.15, -0.1) is 11.3 Å². The summed E-state index contributed by atoms with van der Waals surface area (Å²) in [6, 6.07) is 1.82. The van der Waals surface area contributed by atoms with Gasteiger partial charge in [0.05, 0.1) is 5.69 Å². The Labute approximate surface area is 118 Å². The van der Waals surface area contributed by atoms with Gasteiger partial charge in [-0.25, -0.2) is 15.0 Å². The lowest BCUT2D eigenvalue weighted by Gasteiger charge is -2.06. The molecule has 0 saturated heterocycles. The van der Waals surface area contributed by atoms with Crippen molar-refractivity contribution in [2.75, 3.05) is 6.54 Å². The third-order valence-electron chi connectivity index (χ3n) is 2.71. The van der Waals surface area contributed by atoms with Crippen LogP contribution in [0.2, 0.25) is 0 Å². The number of aryl methyl sites for hydroxylation is 1. The van der Waals surface area contributed by atoms with Crippen LogP contribution in [0.4, 0.5) is 0 Å². The minimum Gasteiger partial charge on any atom is -0.312 e. The van der Waals surface area contributed by atoms with Gasteiger partial charge < -0.3 is 5.32 Å². The second-order valence-electron chi connectivity index (χ2n) is 4.84. The molecule has 102 valence electrons. The maximum Gasteiger partial charge on any atom is 0.188 e. The molecule has 2 heterocycles. The molecule has 5 heteroatoms. The molecule has 0 bridgehead atoms. The van der Waals surface area contributed by atoms with Crippen molar-refractivity contribution in [1.29, 1.82) is 0 Å². The summed E-state index contributed by atoms with van der Waals surface area (Å²) in [5.41, 5.74) is 1.16. The van der Waals surface area contributed by atoms with Crippen molar-refractivity contribution in [3.05, 3.63) is 29.0 Å². The van der Waals surface area contributed by atoms with E-state index in [0.717, 1.165) is 36.0 Å². The Bertz CT molecular complexity index is 507. The fraction of sp³-hybridized carbons (Fsp3) is 0.500. The third-order valence-corrected chi connectivity index (χ3v) is 3.80.